The molecule has 4 aliphatic rings. The number of carbonyl (C=O) groups excluding carboxylic acids is 3. The molecule has 3 aliphatic heterocycles. The van der Waals surface area contributed by atoms with Crippen LogP contribution < -0.4 is 10.2 Å². The molecule has 9 nitrogen and oxygen atoms in total. The number of fused-ring (bicyclic) bond motifs is 1. The monoisotopic (exact) mass is 585 g/mol. The van der Waals surface area contributed by atoms with Crippen LogP contribution in [0, 0.1) is 5.92 Å². The first-order valence-corrected chi connectivity index (χ1v) is 15.6. The molecule has 4 heterocycles. The highest BCUT2D eigenvalue weighted by atomic mass is 35.5. The first-order chi connectivity index (χ1) is 19.4. The molecule has 3 saturated heterocycles. The molecule has 11 heteroatoms. The van der Waals surface area contributed by atoms with Crippen molar-refractivity contribution < 1.29 is 19.1 Å². The number of anilines is 1. The lowest BCUT2D eigenvalue weighted by Gasteiger charge is -2.34. The topological polar surface area (TPSA) is 95.1 Å². The molecule has 4 fully saturated rings. The first kappa shape index (κ1) is 27.6. The fourth-order valence-electron chi connectivity index (χ4n) is 6.41. The number of carbonyl (C=O) groups is 3. The third-order valence-electron chi connectivity index (χ3n) is 8.79. The Morgan fingerprint density at radius 2 is 1.82 bits per heavy atom. The number of thiazole rings is 1. The van der Waals surface area contributed by atoms with Crippen LogP contribution in [0.1, 0.15) is 42.5 Å². The molecule has 0 spiro atoms. The number of ketones is 1. The summed E-state index contributed by atoms with van der Waals surface area (Å²) in [7, 11) is 2.14. The second kappa shape index (κ2) is 11.8. The fourth-order valence-corrected chi connectivity index (χ4v) is 7.66. The fraction of sp³-hybridized carbons (Fsp3) is 0.586. The highest BCUT2D eigenvalue weighted by molar-refractivity contribution is 7.14. The van der Waals surface area contributed by atoms with Crippen molar-refractivity contribution in [1.29, 1.82) is 0 Å². The summed E-state index contributed by atoms with van der Waals surface area (Å²) in [5.74, 6) is -0.617. The largest absolute Gasteiger partial charge is 0.366 e. The van der Waals surface area contributed by atoms with Crippen molar-refractivity contribution in [2.24, 2.45) is 5.92 Å². The van der Waals surface area contributed by atoms with E-state index in [2.05, 4.69) is 27.5 Å². The zero-order chi connectivity index (χ0) is 27.8. The lowest BCUT2D eigenvalue weighted by Crippen LogP contribution is -2.55. The average Bonchev–Trinajstić information content (AvgIpc) is 3.70. The second-order valence-electron chi connectivity index (χ2n) is 11.4. The van der Waals surface area contributed by atoms with Gasteiger partial charge in [-0.3, -0.25) is 14.4 Å². The number of halogens is 1. The molecule has 1 aliphatic carbocycles. The second-order valence-corrected chi connectivity index (χ2v) is 12.8. The summed E-state index contributed by atoms with van der Waals surface area (Å²) in [6, 6.07) is 6.03. The van der Waals surface area contributed by atoms with Crippen LogP contribution >= 0.6 is 22.9 Å². The average molecular weight is 586 g/mol. The summed E-state index contributed by atoms with van der Waals surface area (Å²) in [5, 5.41) is 5.70. The summed E-state index contributed by atoms with van der Waals surface area (Å²) in [4.78, 5) is 50.9. The Kier molecular flexibility index (Phi) is 8.12. The van der Waals surface area contributed by atoms with Crippen LogP contribution in [-0.4, -0.2) is 102 Å². The molecule has 2 amide bonds. The number of likely N-dealkylation sites (N-methyl/N-ethyl adjacent to an activating group) is 1. The summed E-state index contributed by atoms with van der Waals surface area (Å²) in [5.41, 5.74) is 2.33. The molecular weight excluding hydrogens is 550 g/mol. The van der Waals surface area contributed by atoms with Gasteiger partial charge >= 0.3 is 0 Å². The molecule has 0 bridgehead atoms. The Morgan fingerprint density at radius 1 is 1.10 bits per heavy atom. The lowest BCUT2D eigenvalue weighted by molar-refractivity contribution is -0.139. The van der Waals surface area contributed by atoms with Gasteiger partial charge in [0.05, 0.1) is 11.1 Å². The van der Waals surface area contributed by atoms with Crippen LogP contribution in [0.2, 0.25) is 0 Å². The van der Waals surface area contributed by atoms with E-state index in [1.54, 1.807) is 28.4 Å². The van der Waals surface area contributed by atoms with E-state index in [1.165, 1.54) is 0 Å². The molecule has 0 radical (unpaired) electrons. The summed E-state index contributed by atoms with van der Waals surface area (Å²) < 4.78 is 5.57. The van der Waals surface area contributed by atoms with Gasteiger partial charge in [0, 0.05) is 49.2 Å². The van der Waals surface area contributed by atoms with Crippen molar-refractivity contribution in [2.45, 2.75) is 55.7 Å². The van der Waals surface area contributed by atoms with Crippen LogP contribution in [0.4, 0.5) is 5.13 Å². The molecule has 1 N–H and O–H groups in total. The van der Waals surface area contributed by atoms with E-state index in [1.807, 2.05) is 12.1 Å². The number of likely N-dealkylation sites (tertiary alicyclic amines) is 1. The SMILES string of the molecule is CN1CCN(c2nc(-c3ccc(C(=O)N[C@H](C(=O)N4C[C@@H](Cl)C5OCC(=O)C54)C4CCCCC4)cc3)cs2)CC1. The van der Waals surface area contributed by atoms with E-state index >= 15 is 0 Å². The number of nitrogens with one attached hydrogen (secondary N) is 1. The van der Waals surface area contributed by atoms with E-state index in [9.17, 15) is 14.4 Å². The third kappa shape index (κ3) is 5.51. The number of benzene rings is 1. The molecule has 4 atom stereocenters. The van der Waals surface area contributed by atoms with Gasteiger partial charge in [-0.25, -0.2) is 4.98 Å². The van der Waals surface area contributed by atoms with E-state index in [4.69, 9.17) is 21.3 Å². The van der Waals surface area contributed by atoms with Gasteiger partial charge in [-0.2, -0.15) is 0 Å². The van der Waals surface area contributed by atoms with Gasteiger partial charge in [0.15, 0.2) is 10.9 Å². The van der Waals surface area contributed by atoms with Crippen molar-refractivity contribution in [2.75, 3.05) is 51.3 Å². The van der Waals surface area contributed by atoms with Crippen LogP contribution in [0.5, 0.6) is 0 Å². The number of nitrogens with zero attached hydrogens (tertiary/aromatic N) is 4. The summed E-state index contributed by atoms with van der Waals surface area (Å²) in [6.07, 6.45) is 4.43. The van der Waals surface area contributed by atoms with Gasteiger partial charge in [0.1, 0.15) is 24.8 Å². The summed E-state index contributed by atoms with van der Waals surface area (Å²) >= 11 is 8.10. The minimum atomic E-state index is -0.701. The number of ether oxygens (including phenoxy) is 1. The molecule has 40 heavy (non-hydrogen) atoms. The molecule has 2 aromatic rings. The van der Waals surface area contributed by atoms with Crippen LogP contribution in [0.3, 0.4) is 0 Å². The number of aromatic nitrogens is 1. The Hall–Kier alpha value is -2.53. The Labute approximate surface area is 243 Å². The van der Waals surface area contributed by atoms with Crippen LogP contribution in [0.25, 0.3) is 11.3 Å². The molecule has 214 valence electrons. The zero-order valence-corrected chi connectivity index (χ0v) is 24.3. The smallest absolute Gasteiger partial charge is 0.251 e. The van der Waals surface area contributed by atoms with E-state index in [0.29, 0.717) is 5.56 Å². The number of piperazine rings is 1. The zero-order valence-electron chi connectivity index (χ0n) is 22.8. The van der Waals surface area contributed by atoms with Crippen molar-refractivity contribution in [3.8, 4) is 11.3 Å². The Bertz CT molecular complexity index is 1240. The third-order valence-corrected chi connectivity index (χ3v) is 10.1. The van der Waals surface area contributed by atoms with Gasteiger partial charge in [0.2, 0.25) is 5.91 Å². The van der Waals surface area contributed by atoms with Crippen molar-refractivity contribution in [3.05, 3.63) is 35.2 Å². The predicted octanol–water partition coefficient (Wildman–Crippen LogP) is 3.03. The molecule has 2 unspecified atom stereocenters. The number of hydrogen-bond acceptors (Lipinski definition) is 8. The standard InChI is InChI=1S/C29H36ClN5O4S/c1-33-11-13-34(14-12-33)29-31-22(17-40-29)18-7-9-20(10-8-18)27(37)32-24(19-5-3-2-4-6-19)28(38)35-15-21(30)26-25(35)23(36)16-39-26/h7-10,17,19,21,24-26H,2-6,11-16H2,1H3,(H,32,37)/t21-,24+,25?,26?/m1/s1. The van der Waals surface area contributed by atoms with Crippen LogP contribution in [-0.2, 0) is 14.3 Å². The minimum absolute atomic E-state index is 0.0228. The summed E-state index contributed by atoms with van der Waals surface area (Å²) in [6.45, 7) is 4.21. The predicted molar refractivity (Wildman–Crippen MR) is 155 cm³/mol. The van der Waals surface area contributed by atoms with E-state index in [0.717, 1.165) is 74.7 Å². The normalized spacial score (nSPS) is 26.6. The minimum Gasteiger partial charge on any atom is -0.366 e. The maximum Gasteiger partial charge on any atom is 0.251 e. The van der Waals surface area contributed by atoms with Gasteiger partial charge in [-0.15, -0.1) is 22.9 Å². The number of Topliss-reactive ketones (excluding diaryl/α,β-unsaturated/α-hetero) is 1. The Balaban J connectivity index is 1.16. The Morgan fingerprint density at radius 3 is 2.55 bits per heavy atom. The lowest BCUT2D eigenvalue weighted by atomic mass is 9.83. The number of hydrogen-bond donors (Lipinski definition) is 1. The first-order valence-electron chi connectivity index (χ1n) is 14.3. The molecule has 1 saturated carbocycles. The van der Waals surface area contributed by atoms with Gasteiger partial charge in [-0.05, 0) is 37.9 Å². The van der Waals surface area contributed by atoms with Gasteiger partial charge < -0.3 is 24.8 Å². The maximum absolute atomic E-state index is 13.9. The molecular formula is C29H36ClN5O4S. The molecule has 1 aromatic heterocycles. The molecule has 1 aromatic carbocycles. The quantitative estimate of drug-likeness (QED) is 0.521. The number of rotatable bonds is 6. The van der Waals surface area contributed by atoms with E-state index < -0.39 is 23.6 Å². The number of amides is 2. The number of alkyl halides is 1. The highest BCUT2D eigenvalue weighted by Crippen LogP contribution is 2.34. The van der Waals surface area contributed by atoms with Gasteiger partial charge in [-0.1, -0.05) is 31.4 Å². The van der Waals surface area contributed by atoms with Crippen LogP contribution in [0.15, 0.2) is 29.6 Å². The van der Waals surface area contributed by atoms with Crippen molar-refractivity contribution >= 4 is 45.7 Å². The highest BCUT2D eigenvalue weighted by Gasteiger charge is 2.53. The maximum atomic E-state index is 13.9. The van der Waals surface area contributed by atoms with E-state index in [-0.39, 0.29) is 36.7 Å². The van der Waals surface area contributed by atoms with Crippen molar-refractivity contribution in [1.82, 2.24) is 20.1 Å². The molecule has 6 rings (SSSR count). The van der Waals surface area contributed by atoms with Gasteiger partial charge in [0.25, 0.3) is 5.91 Å². The van der Waals surface area contributed by atoms with Crippen molar-refractivity contribution in [3.63, 3.8) is 0 Å².